The molecule has 1 unspecified atom stereocenters. The number of nitrogens with one attached hydrogen (secondary N) is 1. The summed E-state index contributed by atoms with van der Waals surface area (Å²) in [4.78, 5) is 6.50. The molecule has 1 atom stereocenters. The van der Waals surface area contributed by atoms with Gasteiger partial charge in [-0.2, -0.15) is 0 Å². The minimum absolute atomic E-state index is 0.668. The second-order valence-corrected chi connectivity index (χ2v) is 4.64. The van der Waals surface area contributed by atoms with E-state index in [1.807, 2.05) is 25.5 Å². The Bertz CT molecular complexity index is 283. The van der Waals surface area contributed by atoms with Gasteiger partial charge in [0, 0.05) is 25.0 Å². The fraction of sp³-hybridized carbons (Fsp3) is 0.643. The lowest BCUT2D eigenvalue weighted by atomic mass is 10.1. The Labute approximate surface area is 105 Å². The van der Waals surface area contributed by atoms with Gasteiger partial charge in [0.05, 0.1) is 0 Å². The van der Waals surface area contributed by atoms with Crippen molar-refractivity contribution in [1.82, 2.24) is 15.2 Å². The molecule has 0 amide bonds. The molecule has 1 aromatic heterocycles. The number of rotatable bonds is 8. The van der Waals surface area contributed by atoms with Crippen LogP contribution >= 0.6 is 0 Å². The van der Waals surface area contributed by atoms with Gasteiger partial charge in [0.2, 0.25) is 0 Å². The van der Waals surface area contributed by atoms with Crippen LogP contribution in [-0.2, 0) is 6.54 Å². The van der Waals surface area contributed by atoms with Gasteiger partial charge in [0.1, 0.15) is 0 Å². The van der Waals surface area contributed by atoms with E-state index in [4.69, 9.17) is 0 Å². The van der Waals surface area contributed by atoms with E-state index in [9.17, 15) is 0 Å². The van der Waals surface area contributed by atoms with Crippen molar-refractivity contribution in [2.75, 3.05) is 20.6 Å². The lowest BCUT2D eigenvalue weighted by Gasteiger charge is -2.19. The van der Waals surface area contributed by atoms with Crippen molar-refractivity contribution in [2.45, 2.75) is 38.8 Å². The number of nitrogens with zero attached hydrogens (tertiary/aromatic N) is 2. The highest BCUT2D eigenvalue weighted by molar-refractivity contribution is 5.07. The minimum Gasteiger partial charge on any atom is -0.317 e. The summed E-state index contributed by atoms with van der Waals surface area (Å²) < 4.78 is 0. The summed E-state index contributed by atoms with van der Waals surface area (Å²) in [6, 6.07) is 4.80. The van der Waals surface area contributed by atoms with E-state index in [1.54, 1.807) is 0 Å². The van der Waals surface area contributed by atoms with Gasteiger partial charge in [0.15, 0.2) is 0 Å². The van der Waals surface area contributed by atoms with Crippen molar-refractivity contribution in [3.8, 4) is 0 Å². The van der Waals surface area contributed by atoms with Crippen LogP contribution in [0.5, 0.6) is 0 Å². The number of pyridine rings is 1. The number of hydrogen-bond donors (Lipinski definition) is 1. The number of aromatic nitrogens is 1. The normalized spacial score (nSPS) is 12.9. The van der Waals surface area contributed by atoms with Crippen LogP contribution in [-0.4, -0.2) is 36.6 Å². The van der Waals surface area contributed by atoms with E-state index in [0.29, 0.717) is 6.04 Å². The monoisotopic (exact) mass is 235 g/mol. The first-order valence-corrected chi connectivity index (χ1v) is 6.51. The average Bonchev–Trinajstić information content (AvgIpc) is 2.36. The van der Waals surface area contributed by atoms with Gasteiger partial charge >= 0.3 is 0 Å². The average molecular weight is 235 g/mol. The third kappa shape index (κ3) is 5.80. The molecule has 0 radical (unpaired) electrons. The van der Waals surface area contributed by atoms with Crippen molar-refractivity contribution in [1.29, 1.82) is 0 Å². The first kappa shape index (κ1) is 14.1. The minimum atomic E-state index is 0.668. The molecule has 0 bridgehead atoms. The topological polar surface area (TPSA) is 28.2 Å². The first-order valence-electron chi connectivity index (χ1n) is 6.51. The molecule has 0 fully saturated rings. The van der Waals surface area contributed by atoms with E-state index in [2.05, 4.69) is 35.2 Å². The summed E-state index contributed by atoms with van der Waals surface area (Å²) in [6.07, 6.45) is 7.48. The zero-order chi connectivity index (χ0) is 12.5. The summed E-state index contributed by atoms with van der Waals surface area (Å²) in [6.45, 7) is 4.37. The highest BCUT2D eigenvalue weighted by Crippen LogP contribution is 2.05. The Kier molecular flexibility index (Phi) is 6.82. The molecule has 0 aliphatic rings. The predicted molar refractivity (Wildman–Crippen MR) is 72.9 cm³/mol. The lowest BCUT2D eigenvalue weighted by Crippen LogP contribution is -2.26. The standard InChI is InChI=1S/C14H25N3/c1-4-14(15-2)8-6-10-17(3)12-13-7-5-9-16-11-13/h5,7,9,11,14-15H,4,6,8,10,12H2,1-3H3. The smallest absolute Gasteiger partial charge is 0.0312 e. The Balaban J connectivity index is 2.19. The lowest BCUT2D eigenvalue weighted by molar-refractivity contribution is 0.309. The van der Waals surface area contributed by atoms with Gasteiger partial charge in [-0.3, -0.25) is 4.98 Å². The van der Waals surface area contributed by atoms with E-state index in [1.165, 1.54) is 24.8 Å². The predicted octanol–water partition coefficient (Wildman–Crippen LogP) is 2.29. The molecule has 0 aromatic carbocycles. The second kappa shape index (κ2) is 8.20. The van der Waals surface area contributed by atoms with Crippen molar-refractivity contribution in [3.05, 3.63) is 30.1 Å². The van der Waals surface area contributed by atoms with Crippen LogP contribution < -0.4 is 5.32 Å². The van der Waals surface area contributed by atoms with Gasteiger partial charge in [-0.25, -0.2) is 0 Å². The van der Waals surface area contributed by atoms with Crippen LogP contribution in [0.2, 0.25) is 0 Å². The Morgan fingerprint density at radius 2 is 2.29 bits per heavy atom. The van der Waals surface area contributed by atoms with Crippen molar-refractivity contribution in [2.24, 2.45) is 0 Å². The summed E-state index contributed by atoms with van der Waals surface area (Å²) >= 11 is 0. The second-order valence-electron chi connectivity index (χ2n) is 4.64. The summed E-state index contributed by atoms with van der Waals surface area (Å²) in [7, 11) is 4.22. The fourth-order valence-electron chi connectivity index (χ4n) is 2.04. The largest absolute Gasteiger partial charge is 0.317 e. The van der Waals surface area contributed by atoms with Crippen molar-refractivity contribution in [3.63, 3.8) is 0 Å². The van der Waals surface area contributed by atoms with Crippen LogP contribution in [0.3, 0.4) is 0 Å². The molecule has 0 saturated carbocycles. The zero-order valence-electron chi connectivity index (χ0n) is 11.3. The third-order valence-electron chi connectivity index (χ3n) is 3.17. The van der Waals surface area contributed by atoms with Crippen molar-refractivity contribution < 1.29 is 0 Å². The SMILES string of the molecule is CCC(CCCN(C)Cc1cccnc1)NC. The van der Waals surface area contributed by atoms with Gasteiger partial charge in [-0.05, 0) is 51.5 Å². The highest BCUT2D eigenvalue weighted by atomic mass is 15.1. The highest BCUT2D eigenvalue weighted by Gasteiger charge is 2.04. The molecule has 1 rings (SSSR count). The van der Waals surface area contributed by atoms with Gasteiger partial charge < -0.3 is 10.2 Å². The fourth-order valence-corrected chi connectivity index (χ4v) is 2.04. The van der Waals surface area contributed by atoms with E-state index < -0.39 is 0 Å². The molecule has 0 saturated heterocycles. The van der Waals surface area contributed by atoms with E-state index in [-0.39, 0.29) is 0 Å². The Morgan fingerprint density at radius 1 is 1.47 bits per heavy atom. The zero-order valence-corrected chi connectivity index (χ0v) is 11.3. The summed E-state index contributed by atoms with van der Waals surface area (Å²) in [5, 5.41) is 3.35. The molecule has 1 aromatic rings. The van der Waals surface area contributed by atoms with Crippen LogP contribution in [0.1, 0.15) is 31.7 Å². The number of hydrogen-bond acceptors (Lipinski definition) is 3. The van der Waals surface area contributed by atoms with Crippen molar-refractivity contribution >= 4 is 0 Å². The molecule has 3 nitrogen and oxygen atoms in total. The maximum atomic E-state index is 4.14. The summed E-state index contributed by atoms with van der Waals surface area (Å²) in [5.74, 6) is 0. The van der Waals surface area contributed by atoms with Crippen LogP contribution in [0.25, 0.3) is 0 Å². The van der Waals surface area contributed by atoms with Crippen LogP contribution in [0.4, 0.5) is 0 Å². The third-order valence-corrected chi connectivity index (χ3v) is 3.17. The molecular weight excluding hydrogens is 210 g/mol. The van der Waals surface area contributed by atoms with E-state index in [0.717, 1.165) is 13.1 Å². The Morgan fingerprint density at radius 3 is 2.88 bits per heavy atom. The molecule has 1 heterocycles. The molecule has 1 N–H and O–H groups in total. The van der Waals surface area contributed by atoms with Gasteiger partial charge in [-0.1, -0.05) is 13.0 Å². The molecule has 0 aliphatic heterocycles. The molecule has 0 spiro atoms. The maximum Gasteiger partial charge on any atom is 0.0312 e. The van der Waals surface area contributed by atoms with Gasteiger partial charge in [-0.15, -0.1) is 0 Å². The first-order chi connectivity index (χ1) is 8.26. The molecule has 96 valence electrons. The Hall–Kier alpha value is -0.930. The molecule has 17 heavy (non-hydrogen) atoms. The van der Waals surface area contributed by atoms with Gasteiger partial charge in [0.25, 0.3) is 0 Å². The van der Waals surface area contributed by atoms with Crippen LogP contribution in [0.15, 0.2) is 24.5 Å². The van der Waals surface area contributed by atoms with E-state index >= 15 is 0 Å². The van der Waals surface area contributed by atoms with Crippen LogP contribution in [0, 0.1) is 0 Å². The molecular formula is C14H25N3. The quantitative estimate of drug-likeness (QED) is 0.749. The summed E-state index contributed by atoms with van der Waals surface area (Å²) in [5.41, 5.74) is 1.29. The maximum absolute atomic E-state index is 4.14. The molecule has 3 heteroatoms. The molecule has 0 aliphatic carbocycles.